The predicted molar refractivity (Wildman–Crippen MR) is 108 cm³/mol. The van der Waals surface area contributed by atoms with Gasteiger partial charge in [-0.05, 0) is 48.2 Å². The Hall–Kier alpha value is -3.02. The number of carbonyl (C=O) groups excluding carboxylic acids is 1. The Kier molecular flexibility index (Phi) is 4.94. The van der Waals surface area contributed by atoms with Gasteiger partial charge >= 0.3 is 0 Å². The van der Waals surface area contributed by atoms with Crippen molar-refractivity contribution < 1.29 is 14.3 Å². The largest absolute Gasteiger partial charge is 0.493 e. The Morgan fingerprint density at radius 3 is 2.79 bits per heavy atom. The molecule has 0 unspecified atom stereocenters. The van der Waals surface area contributed by atoms with Crippen molar-refractivity contribution in [1.82, 2.24) is 14.9 Å². The summed E-state index contributed by atoms with van der Waals surface area (Å²) in [6, 6.07) is 11.4. The van der Waals surface area contributed by atoms with E-state index in [2.05, 4.69) is 16.8 Å². The Balaban J connectivity index is 1.50. The van der Waals surface area contributed by atoms with Crippen molar-refractivity contribution in [2.75, 3.05) is 14.2 Å². The third kappa shape index (κ3) is 3.42. The van der Waals surface area contributed by atoms with E-state index < -0.39 is 0 Å². The summed E-state index contributed by atoms with van der Waals surface area (Å²) in [5.41, 5.74) is 3.57. The van der Waals surface area contributed by atoms with Crippen molar-refractivity contribution in [3.63, 3.8) is 0 Å². The summed E-state index contributed by atoms with van der Waals surface area (Å²) in [4.78, 5) is 17.4. The van der Waals surface area contributed by atoms with Crippen molar-refractivity contribution in [3.05, 3.63) is 53.3 Å². The van der Waals surface area contributed by atoms with Crippen LogP contribution in [0.5, 0.6) is 11.5 Å². The summed E-state index contributed by atoms with van der Waals surface area (Å²) in [6.45, 7) is 3.67. The van der Waals surface area contributed by atoms with Crippen LogP contribution in [0.3, 0.4) is 0 Å². The highest BCUT2D eigenvalue weighted by molar-refractivity contribution is 5.97. The molecule has 0 radical (unpaired) electrons. The molecule has 0 aliphatic carbocycles. The van der Waals surface area contributed by atoms with Crippen LogP contribution >= 0.6 is 0 Å². The van der Waals surface area contributed by atoms with Crippen LogP contribution in [0.25, 0.3) is 11.0 Å². The first-order valence-electron chi connectivity index (χ1n) is 9.57. The van der Waals surface area contributed by atoms with Crippen molar-refractivity contribution >= 4 is 16.9 Å². The molecular formula is C22H25N3O3. The number of hydrogen-bond acceptors (Lipinski definition) is 4. The lowest BCUT2D eigenvalue weighted by atomic mass is 10.0. The van der Waals surface area contributed by atoms with Gasteiger partial charge < -0.3 is 19.4 Å². The second-order valence-electron chi connectivity index (χ2n) is 7.35. The van der Waals surface area contributed by atoms with Crippen LogP contribution < -0.4 is 14.8 Å². The van der Waals surface area contributed by atoms with Gasteiger partial charge in [-0.1, -0.05) is 13.0 Å². The first-order chi connectivity index (χ1) is 13.6. The molecule has 6 nitrogen and oxygen atoms in total. The van der Waals surface area contributed by atoms with Crippen LogP contribution in [0.2, 0.25) is 0 Å². The number of carbonyl (C=O) groups is 1. The Morgan fingerprint density at radius 2 is 2.00 bits per heavy atom. The molecule has 1 atom stereocenters. The Labute approximate surface area is 164 Å². The topological polar surface area (TPSA) is 65.4 Å². The van der Waals surface area contributed by atoms with E-state index in [1.807, 2.05) is 36.4 Å². The zero-order valence-corrected chi connectivity index (χ0v) is 16.5. The highest BCUT2D eigenvalue weighted by Gasteiger charge is 2.19. The van der Waals surface area contributed by atoms with Crippen molar-refractivity contribution in [2.24, 2.45) is 5.92 Å². The maximum absolute atomic E-state index is 12.6. The fraction of sp³-hybridized carbons (Fsp3) is 0.364. The average Bonchev–Trinajstić information content (AvgIpc) is 3.08. The van der Waals surface area contributed by atoms with Crippen LogP contribution in [0.4, 0.5) is 0 Å². The number of methoxy groups -OCH3 is 2. The maximum Gasteiger partial charge on any atom is 0.251 e. The average molecular weight is 379 g/mol. The van der Waals surface area contributed by atoms with Crippen molar-refractivity contribution in [1.29, 1.82) is 0 Å². The number of aromatic nitrogens is 2. The standard InChI is InChI=1S/C22H25N3O3/c1-14-8-9-25-18-6-5-16(12-17(18)24-21(25)10-14)22(26)23-13-15-4-7-19(27-2)20(11-15)28-3/h4-7,11-12,14H,8-10,13H2,1-3H3,(H,23,26)/t14-/m0/s1. The second kappa shape index (κ2) is 7.54. The summed E-state index contributed by atoms with van der Waals surface area (Å²) in [7, 11) is 3.20. The van der Waals surface area contributed by atoms with E-state index in [1.54, 1.807) is 14.2 Å². The molecule has 0 saturated heterocycles. The van der Waals surface area contributed by atoms with Crippen LogP contribution in [0.15, 0.2) is 36.4 Å². The Morgan fingerprint density at radius 1 is 1.18 bits per heavy atom. The fourth-order valence-electron chi connectivity index (χ4n) is 3.76. The molecular weight excluding hydrogens is 354 g/mol. The monoisotopic (exact) mass is 379 g/mol. The fourth-order valence-corrected chi connectivity index (χ4v) is 3.76. The molecule has 4 rings (SSSR count). The third-order valence-corrected chi connectivity index (χ3v) is 5.37. The quantitative estimate of drug-likeness (QED) is 0.736. The molecule has 2 aromatic carbocycles. The van der Waals surface area contributed by atoms with Gasteiger partial charge in [0.1, 0.15) is 5.82 Å². The normalized spacial score (nSPS) is 15.9. The van der Waals surface area contributed by atoms with Crippen molar-refractivity contribution in [3.8, 4) is 11.5 Å². The van der Waals surface area contributed by atoms with Gasteiger partial charge in [0.25, 0.3) is 5.91 Å². The number of benzene rings is 2. The molecule has 1 amide bonds. The second-order valence-corrected chi connectivity index (χ2v) is 7.35. The lowest BCUT2D eigenvalue weighted by Gasteiger charge is -2.19. The number of rotatable bonds is 5. The molecule has 2 heterocycles. The highest BCUT2D eigenvalue weighted by Crippen LogP contribution is 2.28. The van der Waals surface area contributed by atoms with Crippen LogP contribution in [-0.4, -0.2) is 29.7 Å². The van der Waals surface area contributed by atoms with Crippen LogP contribution in [0.1, 0.15) is 35.1 Å². The molecule has 0 saturated carbocycles. The number of nitrogens with one attached hydrogen (secondary N) is 1. The van der Waals surface area contributed by atoms with Gasteiger partial charge in [0.15, 0.2) is 11.5 Å². The van der Waals surface area contributed by atoms with Gasteiger partial charge in [0, 0.05) is 25.1 Å². The summed E-state index contributed by atoms with van der Waals surface area (Å²) >= 11 is 0. The van der Waals surface area contributed by atoms with E-state index in [0.29, 0.717) is 29.5 Å². The molecule has 1 aliphatic rings. The van der Waals surface area contributed by atoms with E-state index in [-0.39, 0.29) is 5.91 Å². The molecule has 28 heavy (non-hydrogen) atoms. The Bertz CT molecular complexity index is 1030. The van der Waals surface area contributed by atoms with Gasteiger partial charge in [-0.3, -0.25) is 4.79 Å². The van der Waals surface area contributed by atoms with E-state index in [0.717, 1.165) is 35.4 Å². The number of hydrogen-bond donors (Lipinski definition) is 1. The molecule has 6 heteroatoms. The predicted octanol–water partition coefficient (Wildman–Crippen LogP) is 3.57. The maximum atomic E-state index is 12.6. The molecule has 3 aromatic rings. The zero-order chi connectivity index (χ0) is 19.7. The molecule has 0 spiro atoms. The van der Waals surface area contributed by atoms with Gasteiger partial charge in [0.2, 0.25) is 0 Å². The number of fused-ring (bicyclic) bond motifs is 3. The number of ether oxygens (including phenoxy) is 2. The van der Waals surface area contributed by atoms with E-state index in [1.165, 1.54) is 6.42 Å². The smallest absolute Gasteiger partial charge is 0.251 e. The summed E-state index contributed by atoms with van der Waals surface area (Å²) in [5, 5.41) is 2.97. The van der Waals surface area contributed by atoms with Gasteiger partial charge in [-0.2, -0.15) is 0 Å². The minimum atomic E-state index is -0.115. The number of amides is 1. The minimum absolute atomic E-state index is 0.115. The number of aryl methyl sites for hydroxylation is 1. The van der Waals surface area contributed by atoms with E-state index in [9.17, 15) is 4.79 Å². The molecule has 0 bridgehead atoms. The summed E-state index contributed by atoms with van der Waals surface area (Å²) in [5.74, 6) is 2.98. The van der Waals surface area contributed by atoms with E-state index in [4.69, 9.17) is 14.5 Å². The molecule has 1 aliphatic heterocycles. The van der Waals surface area contributed by atoms with Gasteiger partial charge in [0.05, 0.1) is 25.3 Å². The van der Waals surface area contributed by atoms with E-state index >= 15 is 0 Å². The SMILES string of the molecule is COc1ccc(CNC(=O)c2ccc3c(c2)nc2n3CC[C@H](C)C2)cc1OC. The highest BCUT2D eigenvalue weighted by atomic mass is 16.5. The summed E-state index contributed by atoms with van der Waals surface area (Å²) < 4.78 is 12.8. The molecule has 146 valence electrons. The van der Waals surface area contributed by atoms with Crippen LogP contribution in [-0.2, 0) is 19.5 Å². The molecule has 1 N–H and O–H groups in total. The first kappa shape index (κ1) is 18.3. The summed E-state index contributed by atoms with van der Waals surface area (Å²) in [6.07, 6.45) is 2.17. The lowest BCUT2D eigenvalue weighted by Crippen LogP contribution is -2.22. The number of nitrogens with zero attached hydrogens (tertiary/aromatic N) is 2. The lowest BCUT2D eigenvalue weighted by molar-refractivity contribution is 0.0951. The molecule has 1 aromatic heterocycles. The zero-order valence-electron chi connectivity index (χ0n) is 16.5. The van der Waals surface area contributed by atoms with Crippen molar-refractivity contribution in [2.45, 2.75) is 32.9 Å². The van der Waals surface area contributed by atoms with Gasteiger partial charge in [-0.15, -0.1) is 0 Å². The first-order valence-corrected chi connectivity index (χ1v) is 9.57. The van der Waals surface area contributed by atoms with Gasteiger partial charge in [-0.25, -0.2) is 4.98 Å². The third-order valence-electron chi connectivity index (χ3n) is 5.37. The number of imidazole rings is 1. The minimum Gasteiger partial charge on any atom is -0.493 e. The molecule has 0 fully saturated rings. The van der Waals surface area contributed by atoms with Crippen LogP contribution in [0, 0.1) is 5.92 Å².